The zero-order valence-corrected chi connectivity index (χ0v) is 19.0. The number of aromatic nitrogens is 1. The third-order valence-corrected chi connectivity index (χ3v) is 6.08. The minimum absolute atomic E-state index is 0.104. The summed E-state index contributed by atoms with van der Waals surface area (Å²) < 4.78 is 5.13. The molecule has 3 aromatic carbocycles. The number of amides is 1. The maximum absolute atomic E-state index is 13.5. The van der Waals surface area contributed by atoms with Crippen molar-refractivity contribution >= 4 is 28.3 Å². The summed E-state index contributed by atoms with van der Waals surface area (Å²) in [5.74, 6) is -0.976. The number of nitrogens with zero attached hydrogens (tertiary/aromatic N) is 1. The number of rotatable bonds is 8. The van der Waals surface area contributed by atoms with E-state index in [0.29, 0.717) is 17.4 Å². The van der Waals surface area contributed by atoms with E-state index in [-0.39, 0.29) is 18.3 Å². The summed E-state index contributed by atoms with van der Waals surface area (Å²) >= 11 is 1.30. The predicted octanol–water partition coefficient (Wildman–Crippen LogP) is 5.69. The van der Waals surface area contributed by atoms with Crippen LogP contribution in [0.1, 0.15) is 28.8 Å². The van der Waals surface area contributed by atoms with Crippen molar-refractivity contribution in [3.8, 4) is 11.3 Å². The van der Waals surface area contributed by atoms with Crippen molar-refractivity contribution in [2.24, 2.45) is 0 Å². The number of nitrogens with one attached hydrogen (secondary N) is 1. The van der Waals surface area contributed by atoms with Gasteiger partial charge in [-0.1, -0.05) is 91.0 Å². The summed E-state index contributed by atoms with van der Waals surface area (Å²) in [6, 6.07) is 29.0. The van der Waals surface area contributed by atoms with Crippen LogP contribution < -0.4 is 5.32 Å². The number of thiazole rings is 1. The van der Waals surface area contributed by atoms with E-state index in [9.17, 15) is 9.59 Å². The molecule has 0 saturated heterocycles. The highest BCUT2D eigenvalue weighted by molar-refractivity contribution is 7.16. The Labute approximate surface area is 197 Å². The molecule has 4 aromatic rings. The first-order chi connectivity index (χ1) is 16.2. The number of ether oxygens (including phenoxy) is 1. The standard InChI is InChI=1S/C27H24N2O3S/c1-2-32-23(30)18-22-25(21-16-10-5-11-17-21)28-27(33-22)29-26(31)24(19-12-6-3-7-13-19)20-14-8-4-9-15-20/h3-17,24H,2,18H2,1H3,(H,28,29,31). The highest BCUT2D eigenvalue weighted by Crippen LogP contribution is 2.33. The van der Waals surface area contributed by atoms with Gasteiger partial charge in [0.05, 0.1) is 24.6 Å². The molecule has 0 spiro atoms. The minimum Gasteiger partial charge on any atom is -0.466 e. The number of carbonyl (C=O) groups excluding carboxylic acids is 2. The summed E-state index contributed by atoms with van der Waals surface area (Å²) in [6.07, 6.45) is 0.104. The van der Waals surface area contributed by atoms with Gasteiger partial charge in [0.25, 0.3) is 0 Å². The van der Waals surface area contributed by atoms with Crippen LogP contribution in [0.5, 0.6) is 0 Å². The lowest BCUT2D eigenvalue weighted by molar-refractivity contribution is -0.142. The van der Waals surface area contributed by atoms with Crippen LogP contribution in [-0.4, -0.2) is 23.5 Å². The van der Waals surface area contributed by atoms with Crippen molar-refractivity contribution in [1.29, 1.82) is 0 Å². The zero-order chi connectivity index (χ0) is 23.0. The third-order valence-electron chi connectivity index (χ3n) is 5.11. The van der Waals surface area contributed by atoms with E-state index in [0.717, 1.165) is 21.6 Å². The highest BCUT2D eigenvalue weighted by atomic mass is 32.1. The Morgan fingerprint density at radius 2 is 1.42 bits per heavy atom. The third kappa shape index (κ3) is 5.54. The van der Waals surface area contributed by atoms with Crippen LogP contribution in [0.25, 0.3) is 11.3 Å². The maximum Gasteiger partial charge on any atom is 0.311 e. The quantitative estimate of drug-likeness (QED) is 0.346. The van der Waals surface area contributed by atoms with E-state index in [4.69, 9.17) is 4.74 Å². The van der Waals surface area contributed by atoms with Crippen LogP contribution in [0.3, 0.4) is 0 Å². The SMILES string of the molecule is CCOC(=O)Cc1sc(NC(=O)C(c2ccccc2)c2ccccc2)nc1-c1ccccc1. The van der Waals surface area contributed by atoms with Crippen molar-refractivity contribution in [3.63, 3.8) is 0 Å². The number of hydrogen-bond donors (Lipinski definition) is 1. The Balaban J connectivity index is 1.66. The summed E-state index contributed by atoms with van der Waals surface area (Å²) in [5.41, 5.74) is 3.36. The molecule has 0 bridgehead atoms. The topological polar surface area (TPSA) is 68.3 Å². The molecular weight excluding hydrogens is 432 g/mol. The van der Waals surface area contributed by atoms with Crippen molar-refractivity contribution in [2.75, 3.05) is 11.9 Å². The first-order valence-electron chi connectivity index (χ1n) is 10.8. The molecule has 0 atom stereocenters. The fourth-order valence-electron chi connectivity index (χ4n) is 3.65. The second-order valence-corrected chi connectivity index (χ2v) is 8.47. The second-order valence-electron chi connectivity index (χ2n) is 7.38. The van der Waals surface area contributed by atoms with Crippen LogP contribution in [0.2, 0.25) is 0 Å². The molecule has 0 aliphatic carbocycles. The van der Waals surface area contributed by atoms with Crippen molar-refractivity contribution in [1.82, 2.24) is 4.98 Å². The van der Waals surface area contributed by atoms with Crippen molar-refractivity contribution in [2.45, 2.75) is 19.3 Å². The Morgan fingerprint density at radius 3 is 1.97 bits per heavy atom. The van der Waals surface area contributed by atoms with Gasteiger partial charge < -0.3 is 10.1 Å². The summed E-state index contributed by atoms with van der Waals surface area (Å²) in [4.78, 5) is 31.1. The summed E-state index contributed by atoms with van der Waals surface area (Å²) in [6.45, 7) is 2.10. The lowest BCUT2D eigenvalue weighted by Crippen LogP contribution is -2.22. The molecule has 0 unspecified atom stereocenters. The van der Waals surface area contributed by atoms with E-state index in [1.165, 1.54) is 11.3 Å². The molecule has 5 nitrogen and oxygen atoms in total. The molecule has 0 fully saturated rings. The average molecular weight is 457 g/mol. The molecule has 1 heterocycles. The first kappa shape index (κ1) is 22.4. The minimum atomic E-state index is -0.481. The lowest BCUT2D eigenvalue weighted by Gasteiger charge is -2.17. The molecule has 166 valence electrons. The summed E-state index contributed by atoms with van der Waals surface area (Å²) in [7, 11) is 0. The first-order valence-corrected chi connectivity index (χ1v) is 11.6. The molecule has 6 heteroatoms. The van der Waals surface area contributed by atoms with E-state index < -0.39 is 5.92 Å². The van der Waals surface area contributed by atoms with Crippen LogP contribution >= 0.6 is 11.3 Å². The van der Waals surface area contributed by atoms with E-state index in [1.54, 1.807) is 6.92 Å². The van der Waals surface area contributed by atoms with Gasteiger partial charge in [-0.05, 0) is 18.1 Å². The van der Waals surface area contributed by atoms with Gasteiger partial charge in [-0.2, -0.15) is 0 Å². The monoisotopic (exact) mass is 456 g/mol. The molecule has 4 rings (SSSR count). The molecule has 1 N–H and O–H groups in total. The molecule has 0 saturated carbocycles. The Kier molecular flexibility index (Phi) is 7.27. The van der Waals surface area contributed by atoms with E-state index in [1.807, 2.05) is 91.0 Å². The molecule has 1 amide bonds. The molecule has 33 heavy (non-hydrogen) atoms. The average Bonchev–Trinajstić information content (AvgIpc) is 3.23. The maximum atomic E-state index is 13.5. The van der Waals surface area contributed by atoms with Gasteiger partial charge in [-0.25, -0.2) is 4.98 Å². The molecular formula is C27H24N2O3S. The van der Waals surface area contributed by atoms with Gasteiger partial charge in [-0.3, -0.25) is 9.59 Å². The smallest absolute Gasteiger partial charge is 0.311 e. The van der Waals surface area contributed by atoms with Crippen LogP contribution in [0, 0.1) is 0 Å². The van der Waals surface area contributed by atoms with Crippen molar-refractivity contribution in [3.05, 3.63) is 107 Å². The van der Waals surface area contributed by atoms with Gasteiger partial charge in [0.1, 0.15) is 0 Å². The molecule has 0 radical (unpaired) electrons. The van der Waals surface area contributed by atoms with Gasteiger partial charge >= 0.3 is 5.97 Å². The fourth-order valence-corrected chi connectivity index (χ4v) is 4.63. The van der Waals surface area contributed by atoms with E-state index in [2.05, 4.69) is 10.3 Å². The Bertz CT molecular complexity index is 1170. The molecule has 0 aliphatic heterocycles. The van der Waals surface area contributed by atoms with Crippen LogP contribution in [-0.2, 0) is 20.7 Å². The predicted molar refractivity (Wildman–Crippen MR) is 131 cm³/mol. The van der Waals surface area contributed by atoms with Gasteiger partial charge in [-0.15, -0.1) is 11.3 Å². The van der Waals surface area contributed by atoms with Crippen LogP contribution in [0.4, 0.5) is 5.13 Å². The zero-order valence-electron chi connectivity index (χ0n) is 18.2. The second kappa shape index (κ2) is 10.7. The van der Waals surface area contributed by atoms with Crippen LogP contribution in [0.15, 0.2) is 91.0 Å². The van der Waals surface area contributed by atoms with Crippen molar-refractivity contribution < 1.29 is 14.3 Å². The van der Waals surface area contributed by atoms with Gasteiger partial charge in [0, 0.05) is 10.4 Å². The number of hydrogen-bond acceptors (Lipinski definition) is 5. The van der Waals surface area contributed by atoms with Gasteiger partial charge in [0.15, 0.2) is 5.13 Å². The lowest BCUT2D eigenvalue weighted by atomic mass is 9.90. The number of anilines is 1. The highest BCUT2D eigenvalue weighted by Gasteiger charge is 2.25. The van der Waals surface area contributed by atoms with Gasteiger partial charge in [0.2, 0.25) is 5.91 Å². The largest absolute Gasteiger partial charge is 0.466 e. The Morgan fingerprint density at radius 1 is 0.879 bits per heavy atom. The number of carbonyl (C=O) groups is 2. The number of esters is 1. The Hall–Kier alpha value is -3.77. The number of benzene rings is 3. The molecule has 0 aliphatic rings. The summed E-state index contributed by atoms with van der Waals surface area (Å²) in [5, 5.41) is 3.44. The normalized spacial score (nSPS) is 10.7. The van der Waals surface area contributed by atoms with E-state index >= 15 is 0 Å². The fraction of sp³-hybridized carbons (Fsp3) is 0.148. The molecule has 1 aromatic heterocycles.